The number of hydrogen-bond acceptors (Lipinski definition) is 3. The molecule has 0 saturated carbocycles. The first kappa shape index (κ1) is 14.2. The zero-order chi connectivity index (χ0) is 13.8. The van der Waals surface area contributed by atoms with Crippen molar-refractivity contribution in [2.75, 3.05) is 12.3 Å². The van der Waals surface area contributed by atoms with E-state index in [1.807, 2.05) is 41.9 Å². The van der Waals surface area contributed by atoms with Crippen LogP contribution in [0.15, 0.2) is 18.3 Å². The van der Waals surface area contributed by atoms with Crippen molar-refractivity contribution in [1.82, 2.24) is 15.2 Å². The summed E-state index contributed by atoms with van der Waals surface area (Å²) < 4.78 is 0. The Morgan fingerprint density at radius 2 is 2.32 bits per heavy atom. The van der Waals surface area contributed by atoms with Gasteiger partial charge in [-0.25, -0.2) is 4.79 Å². The van der Waals surface area contributed by atoms with Gasteiger partial charge in [-0.1, -0.05) is 13.0 Å². The fourth-order valence-corrected chi connectivity index (χ4v) is 3.20. The van der Waals surface area contributed by atoms with E-state index in [0.717, 1.165) is 23.6 Å². The van der Waals surface area contributed by atoms with Crippen LogP contribution < -0.4 is 5.32 Å². The lowest BCUT2D eigenvalue weighted by Crippen LogP contribution is -2.51. The molecule has 4 nitrogen and oxygen atoms in total. The van der Waals surface area contributed by atoms with Gasteiger partial charge in [-0.15, -0.1) is 0 Å². The Bertz CT molecular complexity index is 435. The second-order valence-corrected chi connectivity index (χ2v) is 6.46. The molecule has 2 amide bonds. The number of pyridine rings is 1. The molecule has 19 heavy (non-hydrogen) atoms. The summed E-state index contributed by atoms with van der Waals surface area (Å²) in [6.45, 7) is 7.62. The van der Waals surface area contributed by atoms with E-state index in [9.17, 15) is 4.79 Å². The fraction of sp³-hybridized carbons (Fsp3) is 0.571. The van der Waals surface area contributed by atoms with Crippen molar-refractivity contribution in [1.29, 1.82) is 0 Å². The van der Waals surface area contributed by atoms with E-state index in [1.165, 1.54) is 0 Å². The van der Waals surface area contributed by atoms with E-state index in [-0.39, 0.29) is 12.1 Å². The topological polar surface area (TPSA) is 45.2 Å². The molecule has 1 aromatic heterocycles. The summed E-state index contributed by atoms with van der Waals surface area (Å²) in [6.07, 6.45) is 1.81. The van der Waals surface area contributed by atoms with Gasteiger partial charge in [0, 0.05) is 42.0 Å². The van der Waals surface area contributed by atoms with Gasteiger partial charge in [-0.2, -0.15) is 11.8 Å². The third-order valence-electron chi connectivity index (χ3n) is 3.56. The standard InChI is InChI=1S/C14H21N3OS/c1-10-4-5-13(8-15-10)9-16-14(18)17-6-7-19-12(3)11(17)2/h4-5,8,11-12H,6-7,9H2,1-3H3,(H,16,18). The van der Waals surface area contributed by atoms with Crippen LogP contribution in [0.1, 0.15) is 25.1 Å². The maximum absolute atomic E-state index is 12.2. The zero-order valence-electron chi connectivity index (χ0n) is 11.7. The molecule has 0 bridgehead atoms. The van der Waals surface area contributed by atoms with Crippen LogP contribution in [-0.2, 0) is 6.54 Å². The molecular formula is C14H21N3OS. The Kier molecular flexibility index (Phi) is 4.69. The Labute approximate surface area is 119 Å². The number of amides is 2. The molecule has 0 aliphatic carbocycles. The summed E-state index contributed by atoms with van der Waals surface area (Å²) in [5, 5.41) is 3.48. The van der Waals surface area contributed by atoms with Crippen LogP contribution in [-0.4, -0.2) is 39.5 Å². The number of aromatic nitrogens is 1. The van der Waals surface area contributed by atoms with Crippen molar-refractivity contribution in [2.24, 2.45) is 0 Å². The first-order valence-electron chi connectivity index (χ1n) is 6.65. The average Bonchev–Trinajstić information content (AvgIpc) is 2.41. The normalized spacial score (nSPS) is 23.2. The number of nitrogens with zero attached hydrogens (tertiary/aromatic N) is 2. The molecule has 1 saturated heterocycles. The van der Waals surface area contributed by atoms with E-state index in [4.69, 9.17) is 0 Å². The summed E-state index contributed by atoms with van der Waals surface area (Å²) >= 11 is 1.93. The van der Waals surface area contributed by atoms with Gasteiger partial charge in [-0.05, 0) is 25.5 Å². The highest BCUT2D eigenvalue weighted by Crippen LogP contribution is 2.24. The number of rotatable bonds is 2. The molecule has 0 spiro atoms. The van der Waals surface area contributed by atoms with Gasteiger partial charge < -0.3 is 10.2 Å². The number of urea groups is 1. The predicted octanol–water partition coefficient (Wildman–Crippen LogP) is 2.43. The van der Waals surface area contributed by atoms with Gasteiger partial charge in [-0.3, -0.25) is 4.98 Å². The Morgan fingerprint density at radius 3 is 3.00 bits per heavy atom. The third kappa shape index (κ3) is 3.62. The molecular weight excluding hydrogens is 258 g/mol. The minimum atomic E-state index is 0.0280. The zero-order valence-corrected chi connectivity index (χ0v) is 12.5. The molecule has 1 N–H and O–H groups in total. The number of nitrogens with one attached hydrogen (secondary N) is 1. The van der Waals surface area contributed by atoms with Crippen molar-refractivity contribution in [3.05, 3.63) is 29.6 Å². The number of thioether (sulfide) groups is 1. The van der Waals surface area contributed by atoms with Gasteiger partial charge in [0.2, 0.25) is 0 Å². The molecule has 5 heteroatoms. The highest BCUT2D eigenvalue weighted by atomic mass is 32.2. The minimum absolute atomic E-state index is 0.0280. The fourth-order valence-electron chi connectivity index (χ4n) is 2.10. The van der Waals surface area contributed by atoms with Gasteiger partial charge in [0.05, 0.1) is 0 Å². The molecule has 0 radical (unpaired) electrons. The Morgan fingerprint density at radius 1 is 1.53 bits per heavy atom. The van der Waals surface area contributed by atoms with Gasteiger partial charge in [0.1, 0.15) is 0 Å². The summed E-state index contributed by atoms with van der Waals surface area (Å²) in [7, 11) is 0. The summed E-state index contributed by atoms with van der Waals surface area (Å²) in [5.41, 5.74) is 2.02. The molecule has 104 valence electrons. The highest BCUT2D eigenvalue weighted by molar-refractivity contribution is 8.00. The van der Waals surface area contributed by atoms with Crippen molar-refractivity contribution in [2.45, 2.75) is 38.6 Å². The van der Waals surface area contributed by atoms with E-state index in [2.05, 4.69) is 24.1 Å². The SMILES string of the molecule is Cc1ccc(CNC(=O)N2CCSC(C)C2C)cn1. The molecule has 2 atom stereocenters. The maximum atomic E-state index is 12.2. The summed E-state index contributed by atoms with van der Waals surface area (Å²) in [5.74, 6) is 1.02. The van der Waals surface area contributed by atoms with Crippen LogP contribution in [0.3, 0.4) is 0 Å². The van der Waals surface area contributed by atoms with Crippen LogP contribution in [0, 0.1) is 6.92 Å². The lowest BCUT2D eigenvalue weighted by Gasteiger charge is -2.37. The smallest absolute Gasteiger partial charge is 0.317 e. The first-order valence-corrected chi connectivity index (χ1v) is 7.70. The second kappa shape index (κ2) is 6.28. The van der Waals surface area contributed by atoms with E-state index in [0.29, 0.717) is 11.8 Å². The molecule has 2 heterocycles. The molecule has 2 rings (SSSR count). The van der Waals surface area contributed by atoms with E-state index < -0.39 is 0 Å². The minimum Gasteiger partial charge on any atom is -0.334 e. The third-order valence-corrected chi connectivity index (χ3v) is 4.90. The van der Waals surface area contributed by atoms with Gasteiger partial charge in [0.25, 0.3) is 0 Å². The van der Waals surface area contributed by atoms with Crippen molar-refractivity contribution >= 4 is 17.8 Å². The molecule has 1 aromatic rings. The van der Waals surface area contributed by atoms with E-state index in [1.54, 1.807) is 0 Å². The highest BCUT2D eigenvalue weighted by Gasteiger charge is 2.28. The van der Waals surface area contributed by atoms with Gasteiger partial charge >= 0.3 is 6.03 Å². The summed E-state index contributed by atoms with van der Waals surface area (Å²) in [4.78, 5) is 18.3. The number of carbonyl (C=O) groups excluding carboxylic acids is 1. The van der Waals surface area contributed by atoms with E-state index >= 15 is 0 Å². The first-order chi connectivity index (χ1) is 9.08. The number of carbonyl (C=O) groups is 1. The average molecular weight is 279 g/mol. The molecule has 0 aromatic carbocycles. The Balaban J connectivity index is 1.88. The van der Waals surface area contributed by atoms with Crippen LogP contribution in [0.25, 0.3) is 0 Å². The van der Waals surface area contributed by atoms with Crippen molar-refractivity contribution < 1.29 is 4.79 Å². The monoisotopic (exact) mass is 279 g/mol. The number of aryl methyl sites for hydroxylation is 1. The lowest BCUT2D eigenvalue weighted by atomic mass is 10.2. The van der Waals surface area contributed by atoms with Crippen molar-refractivity contribution in [3.8, 4) is 0 Å². The molecule has 1 aliphatic rings. The largest absolute Gasteiger partial charge is 0.334 e. The van der Waals surface area contributed by atoms with Crippen molar-refractivity contribution in [3.63, 3.8) is 0 Å². The molecule has 2 unspecified atom stereocenters. The Hall–Kier alpha value is -1.23. The van der Waals surface area contributed by atoms with Crippen LogP contribution >= 0.6 is 11.8 Å². The summed E-state index contributed by atoms with van der Waals surface area (Å²) in [6, 6.07) is 4.28. The predicted molar refractivity (Wildman–Crippen MR) is 79.3 cm³/mol. The van der Waals surface area contributed by atoms with Gasteiger partial charge in [0.15, 0.2) is 0 Å². The second-order valence-electron chi connectivity index (χ2n) is 4.98. The maximum Gasteiger partial charge on any atom is 0.317 e. The molecule has 1 aliphatic heterocycles. The lowest BCUT2D eigenvalue weighted by molar-refractivity contribution is 0.180. The molecule has 1 fully saturated rings. The van der Waals surface area contributed by atoms with Crippen LogP contribution in [0.2, 0.25) is 0 Å². The quantitative estimate of drug-likeness (QED) is 0.904. The number of hydrogen-bond donors (Lipinski definition) is 1. The van der Waals surface area contributed by atoms with Crippen LogP contribution in [0.4, 0.5) is 4.79 Å². The van der Waals surface area contributed by atoms with Crippen LogP contribution in [0.5, 0.6) is 0 Å².